The second kappa shape index (κ2) is 9.07. The summed E-state index contributed by atoms with van der Waals surface area (Å²) >= 11 is 0. The maximum Gasteiger partial charge on any atom is 0.416 e. The number of alkyl halides is 3. The lowest BCUT2D eigenvalue weighted by molar-refractivity contribution is -0.137. The van der Waals surface area contributed by atoms with E-state index in [4.69, 9.17) is 0 Å². The molecule has 0 bridgehead atoms. The first-order valence-corrected chi connectivity index (χ1v) is 12.6. The number of benzene rings is 3. The molecule has 0 saturated carbocycles. The van der Waals surface area contributed by atoms with Crippen molar-refractivity contribution in [2.24, 2.45) is 0 Å². The Morgan fingerprint density at radius 3 is 2.25 bits per heavy atom. The number of amides is 1. The molecule has 4 aromatic rings. The fraction of sp³-hybridized carbons (Fsp3) is 0.200. The Morgan fingerprint density at radius 1 is 0.861 bits per heavy atom. The molecule has 1 aliphatic rings. The molecule has 1 aliphatic heterocycles. The van der Waals surface area contributed by atoms with Crippen LogP contribution in [0.2, 0.25) is 0 Å². The summed E-state index contributed by atoms with van der Waals surface area (Å²) in [6.45, 7) is 0.239. The van der Waals surface area contributed by atoms with Gasteiger partial charge in [-0.25, -0.2) is 13.4 Å². The van der Waals surface area contributed by atoms with Gasteiger partial charge in [0.2, 0.25) is 10.0 Å². The lowest BCUT2D eigenvalue weighted by Crippen LogP contribution is -2.50. The van der Waals surface area contributed by atoms with E-state index in [2.05, 4.69) is 4.98 Å². The minimum absolute atomic E-state index is 0.0105. The van der Waals surface area contributed by atoms with Crippen LogP contribution in [0.5, 0.6) is 0 Å². The Morgan fingerprint density at radius 2 is 1.56 bits per heavy atom. The lowest BCUT2D eigenvalue weighted by Gasteiger charge is -2.34. The molecule has 1 amide bonds. The Kier molecular flexibility index (Phi) is 6.05. The molecule has 0 atom stereocenters. The summed E-state index contributed by atoms with van der Waals surface area (Å²) in [5.74, 6) is -0.242. The Labute approximate surface area is 205 Å². The average Bonchev–Trinajstić information content (AvgIpc) is 3.32. The fourth-order valence-electron chi connectivity index (χ4n) is 4.23. The zero-order chi connectivity index (χ0) is 25.5. The Balaban J connectivity index is 1.27. The molecule has 1 aromatic heterocycles. The normalized spacial score (nSPS) is 15.4. The van der Waals surface area contributed by atoms with E-state index in [1.54, 1.807) is 23.4 Å². The highest BCUT2D eigenvalue weighted by atomic mass is 32.2. The Hall–Kier alpha value is -3.70. The fourth-order valence-corrected chi connectivity index (χ4v) is 5.69. The van der Waals surface area contributed by atoms with Crippen LogP contribution in [0.4, 0.5) is 13.2 Å². The maximum absolute atomic E-state index is 13.0. The predicted octanol–water partition coefficient (Wildman–Crippen LogP) is 4.19. The number of hydrogen-bond acceptors (Lipinski definition) is 4. The lowest BCUT2D eigenvalue weighted by atomic mass is 10.1. The topological polar surface area (TPSA) is 75.5 Å². The van der Waals surface area contributed by atoms with Gasteiger partial charge in [0.25, 0.3) is 5.91 Å². The molecule has 11 heteroatoms. The molecule has 36 heavy (non-hydrogen) atoms. The molecule has 5 rings (SSSR count). The van der Waals surface area contributed by atoms with Gasteiger partial charge in [-0.1, -0.05) is 18.2 Å². The van der Waals surface area contributed by atoms with Gasteiger partial charge in [0.1, 0.15) is 6.33 Å². The quantitative estimate of drug-likeness (QED) is 0.409. The van der Waals surface area contributed by atoms with Crippen molar-refractivity contribution < 1.29 is 26.4 Å². The predicted molar refractivity (Wildman–Crippen MR) is 127 cm³/mol. The molecule has 1 saturated heterocycles. The second-order valence-electron chi connectivity index (χ2n) is 8.37. The van der Waals surface area contributed by atoms with E-state index in [-0.39, 0.29) is 32.1 Å². The summed E-state index contributed by atoms with van der Waals surface area (Å²) in [4.78, 5) is 18.5. The minimum Gasteiger partial charge on any atom is -0.336 e. The van der Waals surface area contributed by atoms with Crippen molar-refractivity contribution in [1.82, 2.24) is 18.8 Å². The molecule has 0 spiro atoms. The van der Waals surface area contributed by atoms with Gasteiger partial charge in [0, 0.05) is 37.4 Å². The third kappa shape index (κ3) is 4.47. The summed E-state index contributed by atoms with van der Waals surface area (Å²) in [6.07, 6.45) is -2.93. The molecule has 0 unspecified atom stereocenters. The number of para-hydroxylation sites is 2. The van der Waals surface area contributed by atoms with E-state index in [1.165, 1.54) is 0 Å². The first-order chi connectivity index (χ1) is 17.1. The molecule has 7 nitrogen and oxygen atoms in total. The number of halogens is 3. The third-order valence-electron chi connectivity index (χ3n) is 6.17. The summed E-state index contributed by atoms with van der Waals surface area (Å²) < 4.78 is 67.9. The first kappa shape index (κ1) is 24.0. The van der Waals surface area contributed by atoms with Crippen LogP contribution in [-0.4, -0.2) is 59.3 Å². The molecule has 1 fully saturated rings. The number of fused-ring (bicyclic) bond motifs is 1. The molecule has 3 aromatic carbocycles. The molecule has 0 aliphatic carbocycles. The summed E-state index contributed by atoms with van der Waals surface area (Å²) in [5.41, 5.74) is 2.07. The van der Waals surface area contributed by atoms with Crippen LogP contribution in [0.1, 0.15) is 15.9 Å². The van der Waals surface area contributed by atoms with Crippen LogP contribution in [0.25, 0.3) is 16.7 Å². The van der Waals surface area contributed by atoms with Crippen LogP contribution in [0, 0.1) is 0 Å². The number of hydrogen-bond donors (Lipinski definition) is 0. The smallest absolute Gasteiger partial charge is 0.336 e. The zero-order valence-electron chi connectivity index (χ0n) is 18.9. The number of sulfonamides is 1. The first-order valence-electron chi connectivity index (χ1n) is 11.1. The molecule has 0 radical (unpaired) electrons. The number of nitrogens with zero attached hydrogens (tertiary/aromatic N) is 4. The van der Waals surface area contributed by atoms with Crippen LogP contribution < -0.4 is 0 Å². The molecule has 0 N–H and O–H groups in total. The molecular weight excluding hydrogens is 493 g/mol. The van der Waals surface area contributed by atoms with Gasteiger partial charge in [-0.15, -0.1) is 0 Å². The number of carbonyl (C=O) groups excluding carboxylic acids is 1. The summed E-state index contributed by atoms with van der Waals surface area (Å²) in [7, 11) is -4.12. The average molecular weight is 515 g/mol. The highest BCUT2D eigenvalue weighted by molar-refractivity contribution is 7.89. The second-order valence-corrected chi connectivity index (χ2v) is 10.3. The van der Waals surface area contributed by atoms with E-state index < -0.39 is 26.7 Å². The van der Waals surface area contributed by atoms with Crippen molar-refractivity contribution in [2.45, 2.75) is 11.1 Å². The van der Waals surface area contributed by atoms with Crippen molar-refractivity contribution in [3.8, 4) is 5.69 Å². The maximum atomic E-state index is 13.0. The number of rotatable bonds is 4. The number of piperazine rings is 1. The molecule has 186 valence electrons. The minimum atomic E-state index is -4.64. The van der Waals surface area contributed by atoms with Crippen LogP contribution in [0.3, 0.4) is 0 Å². The van der Waals surface area contributed by atoms with Crippen LogP contribution in [-0.2, 0) is 16.2 Å². The number of aromatic nitrogens is 2. The standard InChI is InChI=1S/C25H21F3N4O3S/c26-25(27,28)19-4-3-5-21(16-19)36(34,35)31-14-12-30(13-15-31)24(33)18-8-10-20(11-9-18)32-17-29-22-6-1-2-7-23(22)32/h1-11,16-17H,12-15H2. The van der Waals surface area contributed by atoms with E-state index in [0.29, 0.717) is 11.6 Å². The highest BCUT2D eigenvalue weighted by Gasteiger charge is 2.34. The van der Waals surface area contributed by atoms with Crippen LogP contribution >= 0.6 is 0 Å². The van der Waals surface area contributed by atoms with Crippen molar-refractivity contribution in [3.05, 3.63) is 90.3 Å². The van der Waals surface area contributed by atoms with Crippen molar-refractivity contribution in [2.75, 3.05) is 26.2 Å². The van der Waals surface area contributed by atoms with Gasteiger partial charge < -0.3 is 4.90 Å². The third-order valence-corrected chi connectivity index (χ3v) is 8.07. The largest absolute Gasteiger partial charge is 0.416 e. The molecule has 2 heterocycles. The van der Waals surface area contributed by atoms with Crippen molar-refractivity contribution in [1.29, 1.82) is 0 Å². The number of carbonyl (C=O) groups is 1. The summed E-state index contributed by atoms with van der Waals surface area (Å²) in [5, 5.41) is 0. The van der Waals surface area contributed by atoms with Gasteiger partial charge in [0.15, 0.2) is 0 Å². The summed E-state index contributed by atoms with van der Waals surface area (Å²) in [6, 6.07) is 18.4. The van der Waals surface area contributed by atoms with Gasteiger partial charge in [-0.05, 0) is 54.6 Å². The van der Waals surface area contributed by atoms with Crippen LogP contribution in [0.15, 0.2) is 84.0 Å². The van der Waals surface area contributed by atoms with Crippen molar-refractivity contribution in [3.63, 3.8) is 0 Å². The number of imidazole rings is 1. The van der Waals surface area contributed by atoms with Gasteiger partial charge >= 0.3 is 6.18 Å². The van der Waals surface area contributed by atoms with Crippen molar-refractivity contribution >= 4 is 27.0 Å². The highest BCUT2D eigenvalue weighted by Crippen LogP contribution is 2.31. The Bertz CT molecular complexity index is 1520. The van der Waals surface area contributed by atoms with E-state index in [0.717, 1.165) is 39.2 Å². The zero-order valence-corrected chi connectivity index (χ0v) is 19.7. The van der Waals surface area contributed by atoms with E-state index in [9.17, 15) is 26.4 Å². The van der Waals surface area contributed by atoms with Gasteiger partial charge in [0.05, 0.1) is 21.5 Å². The molecular formula is C25H21F3N4O3S. The monoisotopic (exact) mass is 514 g/mol. The SMILES string of the molecule is O=C(c1ccc(-n2cnc3ccccc32)cc1)N1CCN(S(=O)(=O)c2cccc(C(F)(F)F)c2)CC1. The van der Waals surface area contributed by atoms with Gasteiger partial charge in [-0.3, -0.25) is 9.36 Å². The van der Waals surface area contributed by atoms with E-state index in [1.807, 2.05) is 41.0 Å². The van der Waals surface area contributed by atoms with Gasteiger partial charge in [-0.2, -0.15) is 17.5 Å². The van der Waals surface area contributed by atoms with E-state index >= 15 is 0 Å².